The number of carbonyl (C=O) groups is 1. The molecule has 0 spiro atoms. The fraction of sp³-hybridized carbons (Fsp3) is 0.941. The summed E-state index contributed by atoms with van der Waals surface area (Å²) in [6.45, 7) is 3.07. The maximum absolute atomic E-state index is 12.7. The summed E-state index contributed by atoms with van der Waals surface area (Å²) < 4.78 is 0. The average molecular weight is 298 g/mol. The van der Waals surface area contributed by atoms with Crippen molar-refractivity contribution in [3.05, 3.63) is 0 Å². The first-order valence-electron chi connectivity index (χ1n) is 8.52. The maximum atomic E-state index is 12.7. The molecule has 0 aliphatic heterocycles. The topological polar surface area (TPSA) is 29.1 Å². The Morgan fingerprint density at radius 3 is 2.45 bits per heavy atom. The van der Waals surface area contributed by atoms with Crippen LogP contribution in [0.25, 0.3) is 0 Å². The number of hydrogen-bond acceptors (Lipinski definition) is 1. The van der Waals surface area contributed by atoms with Crippen LogP contribution >= 0.6 is 11.6 Å². The largest absolute Gasteiger partial charge is 0.356 e. The third kappa shape index (κ3) is 2.73. The van der Waals surface area contributed by atoms with Gasteiger partial charge in [-0.2, -0.15) is 0 Å². The number of unbranched alkanes of at least 4 members (excludes halogenated alkanes) is 3. The maximum Gasteiger partial charge on any atom is 0.226 e. The molecule has 1 N–H and O–H groups in total. The molecule has 0 aromatic carbocycles. The van der Waals surface area contributed by atoms with Crippen LogP contribution in [0.3, 0.4) is 0 Å². The lowest BCUT2D eigenvalue weighted by molar-refractivity contribution is -0.144. The normalized spacial score (nSPS) is 41.9. The van der Waals surface area contributed by atoms with E-state index >= 15 is 0 Å². The van der Waals surface area contributed by atoms with Crippen LogP contribution in [0.2, 0.25) is 0 Å². The third-order valence-electron chi connectivity index (χ3n) is 5.79. The molecule has 4 saturated carbocycles. The van der Waals surface area contributed by atoms with Crippen LogP contribution in [0.4, 0.5) is 0 Å². The lowest BCUT2D eigenvalue weighted by atomic mass is 9.49. The summed E-state index contributed by atoms with van der Waals surface area (Å²) in [4.78, 5) is 12.6. The smallest absolute Gasteiger partial charge is 0.226 e. The molecule has 0 aromatic heterocycles. The van der Waals surface area contributed by atoms with Crippen molar-refractivity contribution < 1.29 is 4.79 Å². The minimum atomic E-state index is -0.114. The zero-order valence-electron chi connectivity index (χ0n) is 12.7. The molecule has 114 valence electrons. The summed E-state index contributed by atoms with van der Waals surface area (Å²) in [7, 11) is 0. The molecule has 0 aromatic rings. The van der Waals surface area contributed by atoms with E-state index in [0.717, 1.165) is 45.1 Å². The first-order valence-corrected chi connectivity index (χ1v) is 8.90. The summed E-state index contributed by atoms with van der Waals surface area (Å²) >= 11 is 6.79. The molecule has 2 nitrogen and oxygen atoms in total. The Labute approximate surface area is 128 Å². The van der Waals surface area contributed by atoms with Gasteiger partial charge < -0.3 is 5.32 Å². The van der Waals surface area contributed by atoms with Gasteiger partial charge in [0.15, 0.2) is 0 Å². The molecular formula is C17H28ClNO. The Hall–Kier alpha value is -0.240. The standard InChI is InChI=1S/C17H28ClNO/c1-2-3-4-5-6-19-15(20)16-8-13-7-14(9-16)11-17(18,10-13)12-16/h13-14H,2-12H2,1H3,(H,19,20)/t13-,14+,16?,17?. The van der Waals surface area contributed by atoms with E-state index in [-0.39, 0.29) is 10.3 Å². The molecule has 4 aliphatic rings. The van der Waals surface area contributed by atoms with Crippen molar-refractivity contribution >= 4 is 17.5 Å². The van der Waals surface area contributed by atoms with Crippen LogP contribution in [0.15, 0.2) is 0 Å². The zero-order chi connectivity index (χ0) is 14.2. The van der Waals surface area contributed by atoms with E-state index < -0.39 is 0 Å². The van der Waals surface area contributed by atoms with Crippen LogP contribution in [0, 0.1) is 17.3 Å². The van der Waals surface area contributed by atoms with Crippen LogP contribution in [-0.4, -0.2) is 17.3 Å². The molecule has 0 radical (unpaired) electrons. The van der Waals surface area contributed by atoms with E-state index in [1.807, 2.05) is 0 Å². The van der Waals surface area contributed by atoms with Gasteiger partial charge in [0, 0.05) is 11.4 Å². The number of amides is 1. The molecule has 0 saturated heterocycles. The molecular weight excluding hydrogens is 270 g/mol. The summed E-state index contributed by atoms with van der Waals surface area (Å²) in [5.41, 5.74) is -0.114. The molecule has 0 heterocycles. The van der Waals surface area contributed by atoms with Crippen molar-refractivity contribution in [2.45, 2.75) is 76.0 Å². The molecule has 3 heteroatoms. The molecule has 2 unspecified atom stereocenters. The van der Waals surface area contributed by atoms with Gasteiger partial charge in [-0.3, -0.25) is 4.79 Å². The monoisotopic (exact) mass is 297 g/mol. The first kappa shape index (κ1) is 14.7. The summed E-state index contributed by atoms with van der Waals surface area (Å²) in [6.07, 6.45) is 11.6. The number of carbonyl (C=O) groups excluding carboxylic acids is 1. The van der Waals surface area contributed by atoms with Gasteiger partial charge in [0.1, 0.15) is 0 Å². The molecule has 4 aliphatic carbocycles. The van der Waals surface area contributed by atoms with Crippen LogP contribution < -0.4 is 5.32 Å². The molecule has 20 heavy (non-hydrogen) atoms. The highest BCUT2D eigenvalue weighted by atomic mass is 35.5. The minimum absolute atomic E-state index is 0.0520. The molecule has 4 fully saturated rings. The Kier molecular flexibility index (Phi) is 4.05. The Morgan fingerprint density at radius 1 is 1.15 bits per heavy atom. The van der Waals surface area contributed by atoms with E-state index in [4.69, 9.17) is 11.6 Å². The zero-order valence-corrected chi connectivity index (χ0v) is 13.5. The minimum Gasteiger partial charge on any atom is -0.356 e. The van der Waals surface area contributed by atoms with Crippen molar-refractivity contribution in [1.82, 2.24) is 5.32 Å². The van der Waals surface area contributed by atoms with E-state index in [0.29, 0.717) is 17.7 Å². The van der Waals surface area contributed by atoms with Crippen molar-refractivity contribution in [2.24, 2.45) is 17.3 Å². The Balaban J connectivity index is 1.57. The highest BCUT2D eigenvalue weighted by molar-refractivity contribution is 6.24. The number of hydrogen-bond donors (Lipinski definition) is 1. The average Bonchev–Trinajstić information content (AvgIpc) is 2.35. The Bertz CT molecular complexity index is 367. The SMILES string of the molecule is CCCCCCNC(=O)C12C[C@@H]3C[C@@H](CC(Cl)(C3)C1)C2. The van der Waals surface area contributed by atoms with Gasteiger partial charge in [0.2, 0.25) is 5.91 Å². The van der Waals surface area contributed by atoms with E-state index in [1.54, 1.807) is 0 Å². The van der Waals surface area contributed by atoms with Crippen molar-refractivity contribution in [3.8, 4) is 0 Å². The third-order valence-corrected chi connectivity index (χ3v) is 6.23. The highest BCUT2D eigenvalue weighted by Gasteiger charge is 2.59. The highest BCUT2D eigenvalue weighted by Crippen LogP contribution is 2.63. The molecule has 4 rings (SSSR count). The predicted molar refractivity (Wildman–Crippen MR) is 82.9 cm³/mol. The Morgan fingerprint density at radius 2 is 1.85 bits per heavy atom. The summed E-state index contributed by atoms with van der Waals surface area (Å²) in [5.74, 6) is 1.73. The number of halogens is 1. The fourth-order valence-corrected chi connectivity index (χ4v) is 6.05. The second-order valence-corrected chi connectivity index (χ2v) is 8.51. The summed E-state index contributed by atoms with van der Waals surface area (Å²) in [5, 5.41) is 3.22. The van der Waals surface area contributed by atoms with E-state index in [2.05, 4.69) is 12.2 Å². The molecule has 4 atom stereocenters. The van der Waals surface area contributed by atoms with Gasteiger partial charge >= 0.3 is 0 Å². The second kappa shape index (κ2) is 5.51. The van der Waals surface area contributed by atoms with Crippen molar-refractivity contribution in [2.75, 3.05) is 6.54 Å². The molecule has 1 amide bonds. The summed E-state index contributed by atoms with van der Waals surface area (Å²) in [6, 6.07) is 0. The quantitative estimate of drug-likeness (QED) is 0.576. The number of nitrogens with one attached hydrogen (secondary N) is 1. The van der Waals surface area contributed by atoms with Gasteiger partial charge in [-0.15, -0.1) is 11.6 Å². The van der Waals surface area contributed by atoms with Gasteiger partial charge in [-0.1, -0.05) is 26.2 Å². The van der Waals surface area contributed by atoms with Gasteiger partial charge in [-0.25, -0.2) is 0 Å². The number of rotatable bonds is 6. The molecule has 4 bridgehead atoms. The fourth-order valence-electron chi connectivity index (χ4n) is 5.36. The second-order valence-electron chi connectivity index (χ2n) is 7.71. The van der Waals surface area contributed by atoms with Crippen molar-refractivity contribution in [3.63, 3.8) is 0 Å². The van der Waals surface area contributed by atoms with Gasteiger partial charge in [0.05, 0.1) is 5.41 Å². The lowest BCUT2D eigenvalue weighted by Crippen LogP contribution is -2.58. The van der Waals surface area contributed by atoms with Crippen molar-refractivity contribution in [1.29, 1.82) is 0 Å². The lowest BCUT2D eigenvalue weighted by Gasteiger charge is -2.59. The number of alkyl halides is 1. The van der Waals surface area contributed by atoms with Crippen LogP contribution in [0.5, 0.6) is 0 Å². The van der Waals surface area contributed by atoms with Crippen LogP contribution in [-0.2, 0) is 4.79 Å². The van der Waals surface area contributed by atoms with Gasteiger partial charge in [0.25, 0.3) is 0 Å². The van der Waals surface area contributed by atoms with E-state index in [9.17, 15) is 4.79 Å². The van der Waals surface area contributed by atoms with E-state index in [1.165, 1.54) is 25.7 Å². The first-order chi connectivity index (χ1) is 9.55. The van der Waals surface area contributed by atoms with Gasteiger partial charge in [-0.05, 0) is 56.8 Å². The van der Waals surface area contributed by atoms with Crippen LogP contribution in [0.1, 0.15) is 71.1 Å². The predicted octanol–water partition coefficient (Wildman–Crippen LogP) is 4.26.